The zero-order valence-corrected chi connectivity index (χ0v) is 8.05. The summed E-state index contributed by atoms with van der Waals surface area (Å²) in [4.78, 5) is 2.65. The van der Waals surface area contributed by atoms with Gasteiger partial charge in [-0.1, -0.05) is 19.8 Å². The monoisotopic (exact) mass is 168 g/mol. The Morgan fingerprint density at radius 1 is 1.33 bits per heavy atom. The van der Waals surface area contributed by atoms with Crippen LogP contribution in [-0.2, 0) is 0 Å². The molecule has 0 unspecified atom stereocenters. The molecule has 70 valence electrons. The molecule has 2 atom stereocenters. The highest BCUT2D eigenvalue weighted by Crippen LogP contribution is 2.24. The number of piperazine rings is 1. The Hall–Kier alpha value is -0.0800. The first-order valence-electron chi connectivity index (χ1n) is 5.39. The summed E-state index contributed by atoms with van der Waals surface area (Å²) in [6, 6.07) is 1.67. The molecule has 0 spiro atoms. The van der Waals surface area contributed by atoms with Gasteiger partial charge >= 0.3 is 0 Å². The maximum absolute atomic E-state index is 3.64. The smallest absolute Gasteiger partial charge is 0.0249 e. The van der Waals surface area contributed by atoms with Crippen molar-refractivity contribution in [3.05, 3.63) is 0 Å². The molecule has 2 aliphatic rings. The fraction of sp³-hybridized carbons (Fsp3) is 1.00. The van der Waals surface area contributed by atoms with E-state index < -0.39 is 0 Å². The van der Waals surface area contributed by atoms with Crippen LogP contribution in [0.15, 0.2) is 0 Å². The Bertz CT molecular complexity index is 138. The topological polar surface area (TPSA) is 15.3 Å². The van der Waals surface area contributed by atoms with E-state index in [0.717, 1.165) is 12.1 Å². The number of nitrogens with zero attached hydrogens (tertiary/aromatic N) is 1. The molecule has 0 radical (unpaired) electrons. The van der Waals surface area contributed by atoms with E-state index >= 15 is 0 Å². The number of hydrogen-bond donors (Lipinski definition) is 1. The molecule has 1 saturated heterocycles. The highest BCUT2D eigenvalue weighted by atomic mass is 15.2. The summed E-state index contributed by atoms with van der Waals surface area (Å²) >= 11 is 0. The predicted octanol–water partition coefficient (Wildman–Crippen LogP) is 1.22. The van der Waals surface area contributed by atoms with Gasteiger partial charge in [-0.15, -0.1) is 0 Å². The molecular weight excluding hydrogens is 148 g/mol. The summed E-state index contributed by atoms with van der Waals surface area (Å²) in [6.45, 7) is 5.99. The van der Waals surface area contributed by atoms with E-state index in [2.05, 4.69) is 17.1 Å². The van der Waals surface area contributed by atoms with Gasteiger partial charge in [0, 0.05) is 25.2 Å². The second kappa shape index (κ2) is 3.75. The van der Waals surface area contributed by atoms with E-state index in [9.17, 15) is 0 Å². The summed E-state index contributed by atoms with van der Waals surface area (Å²) in [7, 11) is 0. The van der Waals surface area contributed by atoms with Gasteiger partial charge in [0.25, 0.3) is 0 Å². The Balaban J connectivity index is 1.99. The van der Waals surface area contributed by atoms with Crippen molar-refractivity contribution in [3.63, 3.8) is 0 Å². The van der Waals surface area contributed by atoms with Crippen LogP contribution in [0.25, 0.3) is 0 Å². The summed E-state index contributed by atoms with van der Waals surface area (Å²) in [5.74, 6) is 0. The molecule has 2 nitrogen and oxygen atoms in total. The molecule has 1 aliphatic heterocycles. The van der Waals surface area contributed by atoms with Crippen LogP contribution >= 0.6 is 0 Å². The summed E-state index contributed by atoms with van der Waals surface area (Å²) in [6.07, 6.45) is 5.71. The molecule has 1 heterocycles. The lowest BCUT2D eigenvalue weighted by atomic mass is 9.88. The van der Waals surface area contributed by atoms with Crippen molar-refractivity contribution in [1.82, 2.24) is 10.2 Å². The van der Waals surface area contributed by atoms with Crippen molar-refractivity contribution in [2.45, 2.75) is 44.7 Å². The molecule has 0 aromatic rings. The van der Waals surface area contributed by atoms with Crippen LogP contribution in [0, 0.1) is 0 Å². The summed E-state index contributed by atoms with van der Waals surface area (Å²) in [5, 5.41) is 3.64. The van der Waals surface area contributed by atoms with Crippen molar-refractivity contribution >= 4 is 0 Å². The Morgan fingerprint density at radius 2 is 2.17 bits per heavy atom. The second-order valence-electron chi connectivity index (χ2n) is 4.04. The normalized spacial score (nSPS) is 37.8. The molecular formula is C10H20N2. The van der Waals surface area contributed by atoms with Crippen LogP contribution in [0.1, 0.15) is 32.6 Å². The predicted molar refractivity (Wildman–Crippen MR) is 51.3 cm³/mol. The van der Waals surface area contributed by atoms with Crippen LogP contribution in [-0.4, -0.2) is 36.6 Å². The molecule has 0 aromatic heterocycles. The Labute approximate surface area is 75.3 Å². The van der Waals surface area contributed by atoms with Crippen molar-refractivity contribution in [2.75, 3.05) is 19.6 Å². The largest absolute Gasteiger partial charge is 0.311 e. The second-order valence-corrected chi connectivity index (χ2v) is 4.04. The van der Waals surface area contributed by atoms with E-state index in [-0.39, 0.29) is 0 Å². The Morgan fingerprint density at radius 3 is 3.00 bits per heavy atom. The number of rotatable bonds is 1. The first kappa shape index (κ1) is 8.52. The van der Waals surface area contributed by atoms with E-state index in [0.29, 0.717) is 0 Å². The lowest BCUT2D eigenvalue weighted by Crippen LogP contribution is -2.58. The van der Waals surface area contributed by atoms with Gasteiger partial charge in [-0.05, 0) is 19.4 Å². The lowest BCUT2D eigenvalue weighted by Gasteiger charge is -2.44. The maximum atomic E-state index is 3.64. The van der Waals surface area contributed by atoms with E-state index in [1.807, 2.05) is 0 Å². The van der Waals surface area contributed by atoms with Crippen LogP contribution in [0.3, 0.4) is 0 Å². The minimum absolute atomic E-state index is 0.812. The summed E-state index contributed by atoms with van der Waals surface area (Å²) in [5.41, 5.74) is 0. The minimum Gasteiger partial charge on any atom is -0.311 e. The van der Waals surface area contributed by atoms with Crippen LogP contribution < -0.4 is 5.32 Å². The fourth-order valence-corrected chi connectivity index (χ4v) is 2.74. The molecule has 2 heteroatoms. The first-order chi connectivity index (χ1) is 5.92. The van der Waals surface area contributed by atoms with Crippen molar-refractivity contribution in [1.29, 1.82) is 0 Å². The SMILES string of the molecule is CCN1CCN[C@@H]2CCCC[C@@H]21. The van der Waals surface area contributed by atoms with E-state index in [1.54, 1.807) is 0 Å². The minimum atomic E-state index is 0.812. The number of nitrogens with one attached hydrogen (secondary N) is 1. The van der Waals surface area contributed by atoms with Crippen molar-refractivity contribution < 1.29 is 0 Å². The molecule has 2 fully saturated rings. The lowest BCUT2D eigenvalue weighted by molar-refractivity contribution is 0.0935. The van der Waals surface area contributed by atoms with Crippen molar-refractivity contribution in [2.24, 2.45) is 0 Å². The third-order valence-electron chi connectivity index (χ3n) is 3.41. The van der Waals surface area contributed by atoms with Crippen LogP contribution in [0.2, 0.25) is 0 Å². The van der Waals surface area contributed by atoms with Gasteiger partial charge < -0.3 is 5.32 Å². The van der Waals surface area contributed by atoms with Gasteiger partial charge in [-0.2, -0.15) is 0 Å². The first-order valence-corrected chi connectivity index (χ1v) is 5.39. The highest BCUT2D eigenvalue weighted by Gasteiger charge is 2.31. The summed E-state index contributed by atoms with van der Waals surface area (Å²) < 4.78 is 0. The average molecular weight is 168 g/mol. The fourth-order valence-electron chi connectivity index (χ4n) is 2.74. The van der Waals surface area contributed by atoms with Gasteiger partial charge in [-0.3, -0.25) is 4.90 Å². The number of fused-ring (bicyclic) bond motifs is 1. The van der Waals surface area contributed by atoms with Crippen LogP contribution in [0.5, 0.6) is 0 Å². The molecule has 1 N–H and O–H groups in total. The zero-order valence-electron chi connectivity index (χ0n) is 8.05. The van der Waals surface area contributed by atoms with Gasteiger partial charge in [0.15, 0.2) is 0 Å². The number of hydrogen-bond acceptors (Lipinski definition) is 2. The maximum Gasteiger partial charge on any atom is 0.0249 e. The third-order valence-corrected chi connectivity index (χ3v) is 3.41. The standard InChI is InChI=1S/C10H20N2/c1-2-12-8-7-11-9-5-3-4-6-10(9)12/h9-11H,2-8H2,1H3/t9-,10+/m1/s1. The molecule has 1 saturated carbocycles. The van der Waals surface area contributed by atoms with Gasteiger partial charge in [0.05, 0.1) is 0 Å². The molecule has 12 heavy (non-hydrogen) atoms. The third kappa shape index (κ3) is 1.50. The Kier molecular flexibility index (Phi) is 2.66. The van der Waals surface area contributed by atoms with Crippen LogP contribution in [0.4, 0.5) is 0 Å². The molecule has 1 aliphatic carbocycles. The van der Waals surface area contributed by atoms with E-state index in [1.165, 1.54) is 45.3 Å². The highest BCUT2D eigenvalue weighted by molar-refractivity contribution is 4.91. The van der Waals surface area contributed by atoms with Gasteiger partial charge in [0.2, 0.25) is 0 Å². The average Bonchev–Trinajstić information content (AvgIpc) is 2.17. The number of likely N-dealkylation sites (N-methyl/N-ethyl adjacent to an activating group) is 1. The van der Waals surface area contributed by atoms with E-state index in [4.69, 9.17) is 0 Å². The molecule has 0 amide bonds. The quantitative estimate of drug-likeness (QED) is 0.633. The van der Waals surface area contributed by atoms with Gasteiger partial charge in [-0.25, -0.2) is 0 Å². The molecule has 2 rings (SSSR count). The molecule has 0 aromatic carbocycles. The van der Waals surface area contributed by atoms with Gasteiger partial charge in [0.1, 0.15) is 0 Å². The van der Waals surface area contributed by atoms with Crippen molar-refractivity contribution in [3.8, 4) is 0 Å². The zero-order chi connectivity index (χ0) is 8.39. The molecule has 0 bridgehead atoms.